The van der Waals surface area contributed by atoms with Gasteiger partial charge in [-0.3, -0.25) is 10.00 Å². The second-order valence-corrected chi connectivity index (χ2v) is 7.44. The molecule has 4 rings (SSSR count). The first-order valence-electron chi connectivity index (χ1n) is 10.0. The number of aromatic amines is 1. The minimum Gasteiger partial charge on any atom is -0.482 e. The van der Waals surface area contributed by atoms with Gasteiger partial charge in [-0.25, -0.2) is 18.4 Å². The Labute approximate surface area is 186 Å². The van der Waals surface area contributed by atoms with E-state index < -0.39 is 42.9 Å². The molecule has 2 heterocycles. The van der Waals surface area contributed by atoms with Crippen molar-refractivity contribution in [3.05, 3.63) is 65.5 Å². The Bertz CT molecular complexity index is 1190. The lowest BCUT2D eigenvalue weighted by molar-refractivity contribution is -0.139. The number of aliphatic hydroxyl groups excluding tert-OH is 1. The molecular formula is C22H20F2N4O5. The van der Waals surface area contributed by atoms with Gasteiger partial charge in [0.2, 0.25) is 0 Å². The Balaban J connectivity index is 1.53. The van der Waals surface area contributed by atoms with Crippen molar-refractivity contribution in [3.8, 4) is 16.9 Å². The molecule has 1 aliphatic rings. The number of benzene rings is 2. The molecule has 2 aromatic carbocycles. The highest BCUT2D eigenvalue weighted by molar-refractivity contribution is 5.95. The lowest BCUT2D eigenvalue weighted by Gasteiger charge is -2.23. The SMILES string of the molecule is O=C(O)COc1cc(F)cc(C(CO)NC(=O)N2CCc3cc(-c4cn[nH]c4)c(F)cc32)c1. The van der Waals surface area contributed by atoms with Crippen LogP contribution in [0.1, 0.15) is 17.2 Å². The number of amides is 2. The summed E-state index contributed by atoms with van der Waals surface area (Å²) in [6, 6.07) is 4.79. The highest BCUT2D eigenvalue weighted by Gasteiger charge is 2.28. The zero-order valence-electron chi connectivity index (χ0n) is 17.2. The summed E-state index contributed by atoms with van der Waals surface area (Å²) < 4.78 is 33.7. The average molecular weight is 458 g/mol. The highest BCUT2D eigenvalue weighted by Crippen LogP contribution is 2.34. The highest BCUT2D eigenvalue weighted by atomic mass is 19.1. The lowest BCUT2D eigenvalue weighted by Crippen LogP contribution is -2.42. The summed E-state index contributed by atoms with van der Waals surface area (Å²) >= 11 is 0. The molecular weight excluding hydrogens is 438 g/mol. The first-order valence-corrected chi connectivity index (χ1v) is 10.0. The maximum Gasteiger partial charge on any atom is 0.341 e. The quantitative estimate of drug-likeness (QED) is 0.431. The number of carboxylic acids is 1. The van der Waals surface area contributed by atoms with Gasteiger partial charge < -0.3 is 20.3 Å². The number of urea groups is 1. The Hall–Kier alpha value is -3.99. The number of anilines is 1. The van der Waals surface area contributed by atoms with Gasteiger partial charge in [0.05, 0.1) is 24.5 Å². The minimum atomic E-state index is -1.23. The molecule has 0 spiro atoms. The number of fused-ring (bicyclic) bond motifs is 1. The van der Waals surface area contributed by atoms with Crippen molar-refractivity contribution in [1.82, 2.24) is 15.5 Å². The largest absolute Gasteiger partial charge is 0.482 e. The molecule has 9 nitrogen and oxygen atoms in total. The fraction of sp³-hybridized carbons (Fsp3) is 0.227. The number of ether oxygens (including phenoxy) is 1. The van der Waals surface area contributed by atoms with Gasteiger partial charge in [-0.15, -0.1) is 0 Å². The number of carbonyl (C=O) groups excluding carboxylic acids is 1. The number of H-pyrrole nitrogens is 1. The van der Waals surface area contributed by atoms with Gasteiger partial charge in [-0.1, -0.05) is 0 Å². The molecule has 1 aliphatic heterocycles. The van der Waals surface area contributed by atoms with Crippen molar-refractivity contribution in [2.75, 3.05) is 24.7 Å². The van der Waals surface area contributed by atoms with Crippen LogP contribution in [0.2, 0.25) is 0 Å². The van der Waals surface area contributed by atoms with E-state index in [4.69, 9.17) is 9.84 Å². The number of carbonyl (C=O) groups is 2. The Kier molecular flexibility index (Phi) is 6.22. The van der Waals surface area contributed by atoms with E-state index in [0.717, 1.165) is 17.7 Å². The number of aliphatic hydroxyl groups is 1. The maximum atomic E-state index is 14.7. The molecule has 11 heteroatoms. The van der Waals surface area contributed by atoms with Crippen LogP contribution in [0.3, 0.4) is 0 Å². The van der Waals surface area contributed by atoms with Gasteiger partial charge in [0.25, 0.3) is 0 Å². The molecule has 33 heavy (non-hydrogen) atoms. The molecule has 1 aromatic heterocycles. The van der Waals surface area contributed by atoms with Crippen molar-refractivity contribution in [3.63, 3.8) is 0 Å². The van der Waals surface area contributed by atoms with E-state index in [1.54, 1.807) is 12.3 Å². The van der Waals surface area contributed by atoms with Crippen LogP contribution in [0.5, 0.6) is 5.75 Å². The normalized spacial score (nSPS) is 13.5. The topological polar surface area (TPSA) is 128 Å². The number of aromatic nitrogens is 2. The zero-order chi connectivity index (χ0) is 23.5. The van der Waals surface area contributed by atoms with Crippen LogP contribution in [-0.4, -0.2) is 52.2 Å². The van der Waals surface area contributed by atoms with E-state index in [0.29, 0.717) is 29.8 Å². The van der Waals surface area contributed by atoms with Crippen molar-refractivity contribution in [1.29, 1.82) is 0 Å². The number of halogens is 2. The molecule has 4 N–H and O–H groups in total. The molecule has 1 atom stereocenters. The van der Waals surface area contributed by atoms with Crippen LogP contribution < -0.4 is 15.0 Å². The Morgan fingerprint density at radius 3 is 2.76 bits per heavy atom. The lowest BCUT2D eigenvalue weighted by atomic mass is 10.0. The monoisotopic (exact) mass is 458 g/mol. The van der Waals surface area contributed by atoms with Gasteiger partial charge in [-0.05, 0) is 41.8 Å². The molecule has 0 fully saturated rings. The molecule has 172 valence electrons. The third kappa shape index (κ3) is 4.77. The van der Waals surface area contributed by atoms with E-state index in [-0.39, 0.29) is 11.3 Å². The predicted molar refractivity (Wildman–Crippen MR) is 113 cm³/mol. The molecule has 3 aromatic rings. The number of aliphatic carboxylic acids is 1. The van der Waals surface area contributed by atoms with Crippen LogP contribution in [0.15, 0.2) is 42.7 Å². The third-order valence-electron chi connectivity index (χ3n) is 5.26. The number of hydrogen-bond donors (Lipinski definition) is 4. The maximum absolute atomic E-state index is 14.7. The van der Waals surface area contributed by atoms with Crippen molar-refractivity contribution in [2.45, 2.75) is 12.5 Å². The van der Waals surface area contributed by atoms with E-state index in [1.165, 1.54) is 23.2 Å². The second kappa shape index (κ2) is 9.25. The van der Waals surface area contributed by atoms with E-state index in [2.05, 4.69) is 15.5 Å². The summed E-state index contributed by atoms with van der Waals surface area (Å²) in [4.78, 5) is 25.0. The standard InChI is InChI=1S/C22H20F2N4O5/c23-15-3-13(4-16(6-15)33-11-21(30)31)19(10-29)27-22(32)28-2-1-12-5-17(14-8-25-26-9-14)18(24)7-20(12)28/h3-9,19,29H,1-2,10-11H2,(H,25,26)(H,27,32)(H,30,31). The molecule has 0 saturated heterocycles. The van der Waals surface area contributed by atoms with Crippen LogP contribution >= 0.6 is 0 Å². The minimum absolute atomic E-state index is 0.0551. The molecule has 0 radical (unpaired) electrons. The number of carboxylic acid groups (broad SMARTS) is 1. The van der Waals surface area contributed by atoms with E-state index in [9.17, 15) is 23.5 Å². The first kappa shape index (κ1) is 22.2. The van der Waals surface area contributed by atoms with Gasteiger partial charge in [0.1, 0.15) is 17.4 Å². The molecule has 2 amide bonds. The molecule has 0 aliphatic carbocycles. The van der Waals surface area contributed by atoms with Gasteiger partial charge in [0.15, 0.2) is 6.61 Å². The molecule has 0 bridgehead atoms. The average Bonchev–Trinajstić information content (AvgIpc) is 3.44. The van der Waals surface area contributed by atoms with E-state index in [1.807, 2.05) is 0 Å². The molecule has 1 unspecified atom stereocenters. The summed E-state index contributed by atoms with van der Waals surface area (Å²) in [6.07, 6.45) is 3.58. The second-order valence-electron chi connectivity index (χ2n) is 7.44. The van der Waals surface area contributed by atoms with Crippen molar-refractivity contribution >= 4 is 17.7 Å². The van der Waals surface area contributed by atoms with Gasteiger partial charge in [0, 0.05) is 29.9 Å². The first-order chi connectivity index (χ1) is 15.9. The van der Waals surface area contributed by atoms with Crippen LogP contribution in [-0.2, 0) is 11.2 Å². The summed E-state index contributed by atoms with van der Waals surface area (Å²) in [5.74, 6) is -2.52. The number of rotatable bonds is 7. The summed E-state index contributed by atoms with van der Waals surface area (Å²) in [5.41, 5.74) is 2.32. The smallest absolute Gasteiger partial charge is 0.341 e. The van der Waals surface area contributed by atoms with E-state index >= 15 is 0 Å². The fourth-order valence-corrected chi connectivity index (χ4v) is 3.72. The van der Waals surface area contributed by atoms with Crippen molar-refractivity contribution < 1.29 is 33.3 Å². The predicted octanol–water partition coefficient (Wildman–Crippen LogP) is 2.62. The van der Waals surface area contributed by atoms with Gasteiger partial charge in [-0.2, -0.15) is 5.10 Å². The summed E-state index contributed by atoms with van der Waals surface area (Å²) in [6.45, 7) is -0.929. The summed E-state index contributed by atoms with van der Waals surface area (Å²) in [5, 5.41) is 27.6. The van der Waals surface area contributed by atoms with Crippen LogP contribution in [0, 0.1) is 11.6 Å². The van der Waals surface area contributed by atoms with Gasteiger partial charge >= 0.3 is 12.0 Å². The van der Waals surface area contributed by atoms with Crippen LogP contribution in [0.25, 0.3) is 11.1 Å². The molecule has 0 saturated carbocycles. The van der Waals surface area contributed by atoms with Crippen molar-refractivity contribution in [2.24, 2.45) is 0 Å². The number of hydrogen-bond acceptors (Lipinski definition) is 5. The van der Waals surface area contributed by atoms with Crippen LogP contribution in [0.4, 0.5) is 19.3 Å². The Morgan fingerprint density at radius 1 is 1.24 bits per heavy atom. The Morgan fingerprint density at radius 2 is 2.06 bits per heavy atom. The number of nitrogens with zero attached hydrogens (tertiary/aromatic N) is 2. The number of nitrogens with one attached hydrogen (secondary N) is 2. The fourth-order valence-electron chi connectivity index (χ4n) is 3.72. The zero-order valence-corrected chi connectivity index (χ0v) is 17.2. The summed E-state index contributed by atoms with van der Waals surface area (Å²) in [7, 11) is 0. The third-order valence-corrected chi connectivity index (χ3v) is 5.26.